The molecule has 0 aliphatic heterocycles. The van der Waals surface area contributed by atoms with Crippen molar-refractivity contribution in [1.82, 2.24) is 25.8 Å². The summed E-state index contributed by atoms with van der Waals surface area (Å²) in [5.41, 5.74) is 6.82. The van der Waals surface area contributed by atoms with Crippen LogP contribution in [0.3, 0.4) is 0 Å². The highest BCUT2D eigenvalue weighted by Crippen LogP contribution is 2.27. The van der Waals surface area contributed by atoms with Gasteiger partial charge in [0.05, 0.1) is 22.3 Å². The quantitative estimate of drug-likeness (QED) is 0.294. The van der Waals surface area contributed by atoms with E-state index in [1.807, 2.05) is 30.3 Å². The van der Waals surface area contributed by atoms with Gasteiger partial charge in [-0.05, 0) is 31.3 Å². The SMILES string of the molecule is Cc1nc(-c2ccccc2)sc1C(=O)NNC(=O)c1cc(F)cc2[nH]c(=S)[nH]c12. The van der Waals surface area contributed by atoms with Crippen LogP contribution < -0.4 is 10.9 Å². The maximum atomic E-state index is 13.8. The lowest BCUT2D eigenvalue weighted by molar-refractivity contribution is 0.0849. The molecule has 2 aromatic heterocycles. The standard InChI is InChI=1S/C19H14FN5O2S2/c1-9-15(29-18(21-9)10-5-3-2-4-6-10)17(27)25-24-16(26)12-7-11(20)8-13-14(12)23-19(28)22-13/h2-8H,1H3,(H,24,26)(H,25,27)(H2,22,23,28). The Morgan fingerprint density at radius 3 is 2.59 bits per heavy atom. The zero-order valence-electron chi connectivity index (χ0n) is 15.0. The molecule has 4 aromatic rings. The monoisotopic (exact) mass is 427 g/mol. The summed E-state index contributed by atoms with van der Waals surface area (Å²) in [6, 6.07) is 11.8. The van der Waals surface area contributed by atoms with Gasteiger partial charge in [0.25, 0.3) is 11.8 Å². The van der Waals surface area contributed by atoms with Gasteiger partial charge in [0, 0.05) is 5.56 Å². The number of rotatable bonds is 3. The Kier molecular flexibility index (Phi) is 4.95. The molecule has 0 atom stereocenters. The second-order valence-corrected chi connectivity index (χ2v) is 7.57. The van der Waals surface area contributed by atoms with E-state index in [4.69, 9.17) is 12.2 Å². The van der Waals surface area contributed by atoms with Gasteiger partial charge in [-0.25, -0.2) is 9.37 Å². The smallest absolute Gasteiger partial charge is 0.281 e. The van der Waals surface area contributed by atoms with Crippen molar-refractivity contribution in [2.45, 2.75) is 6.92 Å². The summed E-state index contributed by atoms with van der Waals surface area (Å²) in [7, 11) is 0. The molecule has 7 nitrogen and oxygen atoms in total. The summed E-state index contributed by atoms with van der Waals surface area (Å²) in [5.74, 6) is -1.80. The third kappa shape index (κ3) is 3.80. The van der Waals surface area contributed by atoms with Crippen molar-refractivity contribution in [2.75, 3.05) is 0 Å². The summed E-state index contributed by atoms with van der Waals surface area (Å²) in [6.07, 6.45) is 0. The molecule has 0 bridgehead atoms. The molecule has 2 heterocycles. The van der Waals surface area contributed by atoms with E-state index >= 15 is 0 Å². The lowest BCUT2D eigenvalue weighted by Crippen LogP contribution is -2.41. The molecule has 0 aliphatic rings. The molecule has 146 valence electrons. The molecule has 2 amide bonds. The molecule has 0 radical (unpaired) electrons. The molecule has 0 aliphatic carbocycles. The van der Waals surface area contributed by atoms with Crippen molar-refractivity contribution >= 4 is 46.4 Å². The molecule has 0 unspecified atom stereocenters. The highest BCUT2D eigenvalue weighted by atomic mass is 32.1. The van der Waals surface area contributed by atoms with Crippen LogP contribution in [0.25, 0.3) is 21.6 Å². The fraction of sp³-hybridized carbons (Fsp3) is 0.0526. The van der Waals surface area contributed by atoms with Crippen LogP contribution in [0, 0.1) is 17.5 Å². The number of aromatic nitrogens is 3. The van der Waals surface area contributed by atoms with E-state index in [9.17, 15) is 14.0 Å². The second-order valence-electron chi connectivity index (χ2n) is 6.16. The number of H-pyrrole nitrogens is 2. The van der Waals surface area contributed by atoms with Gasteiger partial charge in [-0.1, -0.05) is 30.3 Å². The summed E-state index contributed by atoms with van der Waals surface area (Å²) in [6.45, 7) is 1.72. The summed E-state index contributed by atoms with van der Waals surface area (Å²) in [4.78, 5) is 35.4. The van der Waals surface area contributed by atoms with Crippen LogP contribution in [-0.2, 0) is 0 Å². The average Bonchev–Trinajstić information content (AvgIpc) is 3.27. The first-order valence-corrected chi connectivity index (χ1v) is 9.70. The molecule has 4 rings (SSSR count). The van der Waals surface area contributed by atoms with Crippen molar-refractivity contribution in [3.05, 3.63) is 69.2 Å². The van der Waals surface area contributed by atoms with Crippen LogP contribution >= 0.6 is 23.6 Å². The first kappa shape index (κ1) is 19.0. The number of aryl methyl sites for hydroxylation is 1. The average molecular weight is 427 g/mol. The van der Waals surface area contributed by atoms with E-state index in [1.165, 1.54) is 17.4 Å². The number of hydrazine groups is 1. The third-order valence-electron chi connectivity index (χ3n) is 4.15. The lowest BCUT2D eigenvalue weighted by atomic mass is 10.1. The highest BCUT2D eigenvalue weighted by Gasteiger charge is 2.19. The van der Waals surface area contributed by atoms with Gasteiger partial charge in [-0.3, -0.25) is 20.4 Å². The van der Waals surface area contributed by atoms with E-state index in [1.54, 1.807) is 6.92 Å². The minimum atomic E-state index is -0.682. The summed E-state index contributed by atoms with van der Waals surface area (Å²) >= 11 is 6.21. The molecule has 0 fully saturated rings. The van der Waals surface area contributed by atoms with Crippen LogP contribution in [0.1, 0.15) is 25.7 Å². The number of hydrogen-bond acceptors (Lipinski definition) is 5. The number of amides is 2. The molecule has 29 heavy (non-hydrogen) atoms. The minimum absolute atomic E-state index is 0.0126. The topological polar surface area (TPSA) is 103 Å². The van der Waals surface area contributed by atoms with Gasteiger partial charge in [0.15, 0.2) is 4.77 Å². The molecule has 0 spiro atoms. The van der Waals surface area contributed by atoms with Gasteiger partial charge >= 0.3 is 0 Å². The zero-order valence-corrected chi connectivity index (χ0v) is 16.6. The normalized spacial score (nSPS) is 10.8. The second kappa shape index (κ2) is 7.57. The Bertz CT molecular complexity index is 1290. The summed E-state index contributed by atoms with van der Waals surface area (Å²) in [5, 5.41) is 0.700. The van der Waals surface area contributed by atoms with Gasteiger partial charge < -0.3 is 9.97 Å². The number of halogens is 1. The predicted molar refractivity (Wildman–Crippen MR) is 111 cm³/mol. The Hall–Kier alpha value is -3.37. The van der Waals surface area contributed by atoms with Gasteiger partial charge in [-0.15, -0.1) is 11.3 Å². The van der Waals surface area contributed by atoms with Crippen LogP contribution in [0.4, 0.5) is 4.39 Å². The minimum Gasteiger partial charge on any atom is -0.331 e. The van der Waals surface area contributed by atoms with Crippen molar-refractivity contribution < 1.29 is 14.0 Å². The first-order chi connectivity index (χ1) is 13.9. The molecule has 10 heteroatoms. The van der Waals surface area contributed by atoms with Crippen LogP contribution in [0.2, 0.25) is 0 Å². The van der Waals surface area contributed by atoms with Crippen LogP contribution in [-0.4, -0.2) is 26.8 Å². The lowest BCUT2D eigenvalue weighted by Gasteiger charge is -2.07. The number of imidazole rings is 1. The number of hydrogen-bond donors (Lipinski definition) is 4. The largest absolute Gasteiger partial charge is 0.331 e. The third-order valence-corrected chi connectivity index (χ3v) is 5.56. The number of fused-ring (bicyclic) bond motifs is 1. The van der Waals surface area contributed by atoms with Gasteiger partial charge in [-0.2, -0.15) is 0 Å². The number of carbonyl (C=O) groups is 2. The highest BCUT2D eigenvalue weighted by molar-refractivity contribution is 7.71. The van der Waals surface area contributed by atoms with Crippen molar-refractivity contribution in [1.29, 1.82) is 0 Å². The number of aromatic amines is 2. The van der Waals surface area contributed by atoms with E-state index in [-0.39, 0.29) is 10.3 Å². The Morgan fingerprint density at radius 2 is 1.83 bits per heavy atom. The molecule has 2 aromatic carbocycles. The van der Waals surface area contributed by atoms with E-state index in [0.29, 0.717) is 26.6 Å². The first-order valence-electron chi connectivity index (χ1n) is 8.47. The predicted octanol–water partition coefficient (Wildman–Crippen LogP) is 3.87. The van der Waals surface area contributed by atoms with E-state index < -0.39 is 17.6 Å². The van der Waals surface area contributed by atoms with Crippen LogP contribution in [0.5, 0.6) is 0 Å². The van der Waals surface area contributed by atoms with Crippen molar-refractivity contribution in [2.24, 2.45) is 0 Å². The Labute approximate surface area is 173 Å². The molecular formula is C19H14FN5O2S2. The fourth-order valence-corrected chi connectivity index (χ4v) is 4.01. The van der Waals surface area contributed by atoms with Gasteiger partial charge in [0.1, 0.15) is 15.7 Å². The van der Waals surface area contributed by atoms with Crippen molar-refractivity contribution in [3.8, 4) is 10.6 Å². The Balaban J connectivity index is 1.53. The Morgan fingerprint density at radius 1 is 1.10 bits per heavy atom. The zero-order chi connectivity index (χ0) is 20.5. The maximum absolute atomic E-state index is 13.8. The van der Waals surface area contributed by atoms with Crippen molar-refractivity contribution in [3.63, 3.8) is 0 Å². The molecule has 0 saturated carbocycles. The maximum Gasteiger partial charge on any atom is 0.281 e. The molecular weight excluding hydrogens is 413 g/mol. The molecule has 0 saturated heterocycles. The number of thiazole rings is 1. The summed E-state index contributed by atoms with van der Waals surface area (Å²) < 4.78 is 14.1. The van der Waals surface area contributed by atoms with E-state index in [2.05, 4.69) is 25.8 Å². The molecule has 4 N–H and O–H groups in total. The number of nitrogens with one attached hydrogen (secondary N) is 4. The number of nitrogens with zero attached hydrogens (tertiary/aromatic N) is 1. The van der Waals surface area contributed by atoms with Gasteiger partial charge in [0.2, 0.25) is 0 Å². The van der Waals surface area contributed by atoms with Crippen LogP contribution in [0.15, 0.2) is 42.5 Å². The number of benzene rings is 2. The van der Waals surface area contributed by atoms with E-state index in [0.717, 1.165) is 11.6 Å². The number of carbonyl (C=O) groups excluding carboxylic acids is 2. The fourth-order valence-electron chi connectivity index (χ4n) is 2.84.